The van der Waals surface area contributed by atoms with E-state index in [1.807, 2.05) is 0 Å². The van der Waals surface area contributed by atoms with Crippen molar-refractivity contribution in [1.82, 2.24) is 20.2 Å². The number of nitrogens with zero attached hydrogens (tertiary/aromatic N) is 3. The molecule has 0 spiro atoms. The summed E-state index contributed by atoms with van der Waals surface area (Å²) >= 11 is 0.836. The molecule has 0 aliphatic heterocycles. The number of nitrogen functional groups attached to an aromatic ring is 1. The molecule has 128 valence electrons. The van der Waals surface area contributed by atoms with Gasteiger partial charge in [-0.3, -0.25) is 4.79 Å². The van der Waals surface area contributed by atoms with Crippen LogP contribution in [0.15, 0.2) is 35.5 Å². The molecule has 1 amide bonds. The van der Waals surface area contributed by atoms with Gasteiger partial charge in [0.1, 0.15) is 5.25 Å². The van der Waals surface area contributed by atoms with Crippen LogP contribution in [0.25, 0.3) is 0 Å². The molecule has 10 heteroatoms. The zero-order chi connectivity index (χ0) is 17.3. The maximum atomic E-state index is 12.8. The summed E-state index contributed by atoms with van der Waals surface area (Å²) in [5.74, 6) is 3.86. The Bertz CT molecular complexity index is 730. The van der Waals surface area contributed by atoms with Gasteiger partial charge in [0.2, 0.25) is 11.1 Å². The van der Waals surface area contributed by atoms with Crippen LogP contribution in [0.4, 0.5) is 13.2 Å². The molecule has 3 rings (SSSR count). The summed E-state index contributed by atoms with van der Waals surface area (Å²) in [6, 6.07) is 8.88. The fraction of sp³-hybridized carbons (Fsp3) is 0.357. The highest BCUT2D eigenvalue weighted by molar-refractivity contribution is 8.00. The second kappa shape index (κ2) is 6.34. The van der Waals surface area contributed by atoms with Crippen LogP contribution in [0.1, 0.15) is 29.5 Å². The normalized spacial score (nSPS) is 16.0. The first-order valence-electron chi connectivity index (χ1n) is 7.16. The standard InChI is InChI=1S/C14H14F3N5OS/c15-14(16,17)12-20-21-13(22(12)18)24-10(8-4-2-1-3-5-8)11(23)19-9-6-7-9/h1-5,9-10H,6-7,18H2,(H,19,23)/t10-/m0/s1. The smallest absolute Gasteiger partial charge is 0.352 e. The van der Waals surface area contributed by atoms with E-state index in [2.05, 4.69) is 15.5 Å². The number of rotatable bonds is 5. The number of nitrogens with one attached hydrogen (secondary N) is 1. The SMILES string of the molecule is Nn1c(S[C@H](C(=O)NC2CC2)c2ccccc2)nnc1C(F)(F)F. The minimum atomic E-state index is -4.71. The summed E-state index contributed by atoms with van der Waals surface area (Å²) in [6.45, 7) is 0. The van der Waals surface area contributed by atoms with Gasteiger partial charge in [0, 0.05) is 6.04 Å². The lowest BCUT2D eigenvalue weighted by Crippen LogP contribution is -2.30. The van der Waals surface area contributed by atoms with Gasteiger partial charge in [-0.15, -0.1) is 10.2 Å². The third-order valence-electron chi connectivity index (χ3n) is 3.41. The van der Waals surface area contributed by atoms with E-state index >= 15 is 0 Å². The highest BCUT2D eigenvalue weighted by Gasteiger charge is 2.39. The van der Waals surface area contributed by atoms with E-state index in [0.29, 0.717) is 10.2 Å². The second-order valence-electron chi connectivity index (χ2n) is 5.37. The fourth-order valence-corrected chi connectivity index (χ4v) is 3.03. The largest absolute Gasteiger partial charge is 0.453 e. The molecule has 1 aliphatic carbocycles. The van der Waals surface area contributed by atoms with Crippen molar-refractivity contribution in [1.29, 1.82) is 0 Å². The lowest BCUT2D eigenvalue weighted by atomic mass is 10.1. The molecule has 0 saturated heterocycles. The Hall–Kier alpha value is -2.23. The molecule has 0 radical (unpaired) electrons. The van der Waals surface area contributed by atoms with Crippen LogP contribution in [-0.4, -0.2) is 26.8 Å². The van der Waals surface area contributed by atoms with Crippen LogP contribution in [0.2, 0.25) is 0 Å². The number of hydrogen-bond donors (Lipinski definition) is 2. The molecule has 0 unspecified atom stereocenters. The van der Waals surface area contributed by atoms with Crippen molar-refractivity contribution >= 4 is 17.7 Å². The van der Waals surface area contributed by atoms with Crippen molar-refractivity contribution < 1.29 is 18.0 Å². The van der Waals surface area contributed by atoms with Crippen molar-refractivity contribution in [3.05, 3.63) is 41.7 Å². The minimum absolute atomic E-state index is 0.130. The lowest BCUT2D eigenvalue weighted by molar-refractivity contribution is -0.146. The molecule has 1 heterocycles. The van der Waals surface area contributed by atoms with Crippen LogP contribution >= 0.6 is 11.8 Å². The Balaban J connectivity index is 1.86. The lowest BCUT2D eigenvalue weighted by Gasteiger charge is -2.16. The van der Waals surface area contributed by atoms with Gasteiger partial charge < -0.3 is 11.2 Å². The number of carbonyl (C=O) groups is 1. The van der Waals surface area contributed by atoms with Gasteiger partial charge in [-0.1, -0.05) is 42.1 Å². The van der Waals surface area contributed by atoms with Gasteiger partial charge in [0.15, 0.2) is 0 Å². The number of halogens is 3. The van der Waals surface area contributed by atoms with E-state index in [1.54, 1.807) is 30.3 Å². The predicted molar refractivity (Wildman–Crippen MR) is 81.4 cm³/mol. The van der Waals surface area contributed by atoms with Crippen LogP contribution in [-0.2, 0) is 11.0 Å². The summed E-state index contributed by atoms with van der Waals surface area (Å²) in [5.41, 5.74) is 0.650. The van der Waals surface area contributed by atoms with Crippen molar-refractivity contribution in [3.8, 4) is 0 Å². The third-order valence-corrected chi connectivity index (χ3v) is 4.62. The molecule has 3 N–H and O–H groups in total. The number of thioether (sulfide) groups is 1. The van der Waals surface area contributed by atoms with E-state index in [1.165, 1.54) is 0 Å². The fourth-order valence-electron chi connectivity index (χ4n) is 2.06. The zero-order valence-corrected chi connectivity index (χ0v) is 13.1. The Morgan fingerprint density at radius 3 is 2.50 bits per heavy atom. The minimum Gasteiger partial charge on any atom is -0.352 e. The molecular formula is C14H14F3N5OS. The molecular weight excluding hydrogens is 343 g/mol. The number of aromatic nitrogens is 3. The van der Waals surface area contributed by atoms with Gasteiger partial charge >= 0.3 is 6.18 Å². The number of carbonyl (C=O) groups excluding carboxylic acids is 1. The molecule has 1 atom stereocenters. The molecule has 1 saturated carbocycles. The Morgan fingerprint density at radius 1 is 1.29 bits per heavy atom. The summed E-state index contributed by atoms with van der Waals surface area (Å²) in [4.78, 5) is 12.5. The van der Waals surface area contributed by atoms with Crippen LogP contribution < -0.4 is 11.2 Å². The quantitative estimate of drug-likeness (QED) is 0.632. The number of nitrogens with two attached hydrogens (primary N) is 1. The van der Waals surface area contributed by atoms with Crippen molar-refractivity contribution in [2.24, 2.45) is 0 Å². The molecule has 1 aliphatic rings. The molecule has 2 aromatic rings. The summed E-state index contributed by atoms with van der Waals surface area (Å²) in [6.07, 6.45) is -2.90. The first-order chi connectivity index (χ1) is 11.4. The summed E-state index contributed by atoms with van der Waals surface area (Å²) in [5, 5.41) is 8.46. The van der Waals surface area contributed by atoms with Crippen molar-refractivity contribution in [2.45, 2.75) is 35.5 Å². The third kappa shape index (κ3) is 3.64. The monoisotopic (exact) mass is 357 g/mol. The van der Waals surface area contributed by atoms with Crippen molar-refractivity contribution in [3.63, 3.8) is 0 Å². The number of benzene rings is 1. The molecule has 0 bridgehead atoms. The summed E-state index contributed by atoms with van der Waals surface area (Å²) < 4.78 is 38.7. The van der Waals surface area contributed by atoms with E-state index in [9.17, 15) is 18.0 Å². The Kier molecular flexibility index (Phi) is 4.39. The topological polar surface area (TPSA) is 85.8 Å². The molecule has 1 aromatic carbocycles. The Labute approximate surface area is 139 Å². The van der Waals surface area contributed by atoms with Gasteiger partial charge in [-0.05, 0) is 18.4 Å². The second-order valence-corrected chi connectivity index (χ2v) is 6.44. The molecule has 24 heavy (non-hydrogen) atoms. The highest BCUT2D eigenvalue weighted by atomic mass is 32.2. The maximum absolute atomic E-state index is 12.8. The number of hydrogen-bond acceptors (Lipinski definition) is 5. The molecule has 1 aromatic heterocycles. The van der Waals surface area contributed by atoms with Crippen LogP contribution in [0.5, 0.6) is 0 Å². The van der Waals surface area contributed by atoms with E-state index < -0.39 is 17.3 Å². The molecule has 6 nitrogen and oxygen atoms in total. The van der Waals surface area contributed by atoms with E-state index in [4.69, 9.17) is 5.84 Å². The predicted octanol–water partition coefficient (Wildman–Crippen LogP) is 2.12. The van der Waals surface area contributed by atoms with Crippen LogP contribution in [0, 0.1) is 0 Å². The zero-order valence-electron chi connectivity index (χ0n) is 12.3. The Morgan fingerprint density at radius 2 is 1.96 bits per heavy atom. The van der Waals surface area contributed by atoms with Gasteiger partial charge in [-0.2, -0.15) is 13.2 Å². The van der Waals surface area contributed by atoms with Crippen LogP contribution in [0.3, 0.4) is 0 Å². The van der Waals surface area contributed by atoms with Gasteiger partial charge in [0.25, 0.3) is 5.82 Å². The first kappa shape index (κ1) is 16.6. The highest BCUT2D eigenvalue weighted by Crippen LogP contribution is 2.37. The maximum Gasteiger partial charge on any atom is 0.453 e. The number of alkyl halides is 3. The van der Waals surface area contributed by atoms with E-state index in [0.717, 1.165) is 24.6 Å². The van der Waals surface area contributed by atoms with Crippen molar-refractivity contribution in [2.75, 3.05) is 5.84 Å². The molecule has 1 fully saturated rings. The summed E-state index contributed by atoms with van der Waals surface area (Å²) in [7, 11) is 0. The average molecular weight is 357 g/mol. The average Bonchev–Trinajstić information content (AvgIpc) is 3.26. The first-order valence-corrected chi connectivity index (χ1v) is 8.04. The van der Waals surface area contributed by atoms with Gasteiger partial charge in [0.05, 0.1) is 0 Å². The van der Waals surface area contributed by atoms with Gasteiger partial charge in [-0.25, -0.2) is 4.68 Å². The number of amides is 1. The van der Waals surface area contributed by atoms with E-state index in [-0.39, 0.29) is 17.1 Å².